The van der Waals surface area contributed by atoms with Gasteiger partial charge in [0.15, 0.2) is 6.10 Å². The Kier molecular flexibility index (Phi) is 7.22. The maximum absolute atomic E-state index is 12.4. The van der Waals surface area contributed by atoms with Gasteiger partial charge in [0, 0.05) is 7.11 Å². The molecule has 0 aliphatic heterocycles. The van der Waals surface area contributed by atoms with Crippen molar-refractivity contribution in [1.29, 1.82) is 0 Å². The molecule has 0 aliphatic carbocycles. The fourth-order valence-electron chi connectivity index (χ4n) is 1.57. The molecule has 0 aliphatic rings. The maximum Gasteiger partial charge on any atom is 0.408 e. The number of alkyl carbamates (subject to hydrolysis) is 1. The molecule has 9 heteroatoms. The molecule has 2 unspecified atom stereocenters. The topological polar surface area (TPSA) is 111 Å². The van der Waals surface area contributed by atoms with Crippen molar-refractivity contribution in [3.8, 4) is 0 Å². The number of carbonyl (C=O) groups is 2. The van der Waals surface area contributed by atoms with E-state index in [0.29, 0.717) is 0 Å². The van der Waals surface area contributed by atoms with Gasteiger partial charge in [-0.1, -0.05) is 30.3 Å². The van der Waals surface area contributed by atoms with Gasteiger partial charge in [-0.3, -0.25) is 9.09 Å². The van der Waals surface area contributed by atoms with E-state index in [1.165, 1.54) is 13.8 Å². The van der Waals surface area contributed by atoms with Crippen molar-refractivity contribution in [2.45, 2.75) is 32.3 Å². The van der Waals surface area contributed by atoms with Crippen LogP contribution in [0.3, 0.4) is 0 Å². The van der Waals surface area contributed by atoms with E-state index in [-0.39, 0.29) is 6.61 Å². The second kappa shape index (κ2) is 8.67. The van der Waals surface area contributed by atoms with Gasteiger partial charge in [0.25, 0.3) is 0 Å². The number of benzene rings is 1. The van der Waals surface area contributed by atoms with Crippen LogP contribution in [-0.4, -0.2) is 36.2 Å². The van der Waals surface area contributed by atoms with Crippen LogP contribution in [0.2, 0.25) is 0 Å². The van der Waals surface area contributed by atoms with Crippen LogP contribution in [0.4, 0.5) is 4.79 Å². The van der Waals surface area contributed by atoms with E-state index in [4.69, 9.17) is 18.9 Å². The van der Waals surface area contributed by atoms with Crippen LogP contribution >= 0.6 is 7.60 Å². The Labute approximate surface area is 134 Å². The van der Waals surface area contributed by atoms with Gasteiger partial charge in [-0.05, 0) is 19.4 Å². The Morgan fingerprint density at radius 2 is 1.87 bits per heavy atom. The number of nitrogens with one attached hydrogen (secondary N) is 1. The lowest BCUT2D eigenvalue weighted by molar-refractivity contribution is -0.144. The molecule has 23 heavy (non-hydrogen) atoms. The zero-order chi connectivity index (χ0) is 17.5. The maximum atomic E-state index is 12.4. The molecular weight excluding hydrogens is 325 g/mol. The third kappa shape index (κ3) is 6.02. The molecule has 0 aromatic heterocycles. The normalized spacial score (nSPS) is 16.0. The molecule has 1 aromatic carbocycles. The van der Waals surface area contributed by atoms with Crippen LogP contribution in [0.25, 0.3) is 0 Å². The summed E-state index contributed by atoms with van der Waals surface area (Å²) in [7, 11) is -2.73. The van der Waals surface area contributed by atoms with E-state index < -0.39 is 31.5 Å². The number of carboxylic acid groups (broad SMARTS) is 1. The summed E-state index contributed by atoms with van der Waals surface area (Å²) in [6, 6.07) is 9.02. The van der Waals surface area contributed by atoms with Crippen LogP contribution in [0, 0.1) is 0 Å². The smallest absolute Gasteiger partial charge is 0.408 e. The van der Waals surface area contributed by atoms with Gasteiger partial charge < -0.3 is 19.7 Å². The van der Waals surface area contributed by atoms with E-state index in [0.717, 1.165) is 12.7 Å². The van der Waals surface area contributed by atoms with Crippen LogP contribution in [0.1, 0.15) is 19.4 Å². The minimum Gasteiger partial charge on any atom is -0.479 e. The lowest BCUT2D eigenvalue weighted by Crippen LogP contribution is -2.35. The minimum atomic E-state index is -3.84. The first kappa shape index (κ1) is 19.2. The van der Waals surface area contributed by atoms with Crippen LogP contribution < -0.4 is 5.32 Å². The van der Waals surface area contributed by atoms with Crippen molar-refractivity contribution in [3.63, 3.8) is 0 Å². The number of carboxylic acids is 1. The zero-order valence-electron chi connectivity index (χ0n) is 13.1. The van der Waals surface area contributed by atoms with Crippen molar-refractivity contribution in [1.82, 2.24) is 5.32 Å². The quantitative estimate of drug-likeness (QED) is 0.697. The molecule has 1 amide bonds. The van der Waals surface area contributed by atoms with Gasteiger partial charge in [-0.25, -0.2) is 9.59 Å². The second-order valence-corrected chi connectivity index (χ2v) is 7.12. The van der Waals surface area contributed by atoms with E-state index >= 15 is 0 Å². The Bertz CT molecular complexity index is 578. The summed E-state index contributed by atoms with van der Waals surface area (Å²) in [5.74, 6) is -2.36. The molecule has 0 saturated carbocycles. The Morgan fingerprint density at radius 3 is 2.39 bits per heavy atom. The molecule has 0 bridgehead atoms. The SMILES string of the molecule is COP(=O)(O[C@H](C)C(=O)O)C(C)NC(=O)OCc1ccccc1. The second-order valence-electron chi connectivity index (χ2n) is 4.69. The van der Waals surface area contributed by atoms with Crippen molar-refractivity contribution in [3.05, 3.63) is 35.9 Å². The largest absolute Gasteiger partial charge is 0.479 e. The first-order valence-electron chi connectivity index (χ1n) is 6.82. The summed E-state index contributed by atoms with van der Waals surface area (Å²) in [5, 5.41) is 11.1. The van der Waals surface area contributed by atoms with Gasteiger partial charge in [0.1, 0.15) is 12.4 Å². The van der Waals surface area contributed by atoms with Crippen molar-refractivity contribution in [2.75, 3.05) is 7.11 Å². The van der Waals surface area contributed by atoms with E-state index in [1.54, 1.807) is 24.3 Å². The fourth-order valence-corrected chi connectivity index (χ4v) is 2.95. The summed E-state index contributed by atoms with van der Waals surface area (Å²) in [6.45, 7) is 2.64. The minimum absolute atomic E-state index is 0.0447. The molecular formula is C14H20NO7P. The summed E-state index contributed by atoms with van der Waals surface area (Å²) in [4.78, 5) is 22.5. The van der Waals surface area contributed by atoms with Gasteiger partial charge in [0.05, 0.1) is 0 Å². The number of hydrogen-bond acceptors (Lipinski definition) is 6. The molecule has 0 radical (unpaired) electrons. The highest BCUT2D eigenvalue weighted by atomic mass is 31.2. The standard InChI is InChI=1S/C14H20NO7P/c1-10(13(16)17)22-23(19,20-3)11(2)15-14(18)21-9-12-7-5-4-6-8-12/h4-8,10-11H,9H2,1-3H3,(H,15,18)(H,16,17)/t10-,11?,23?/m1/s1. The van der Waals surface area contributed by atoms with Crippen molar-refractivity contribution < 1.29 is 33.0 Å². The van der Waals surface area contributed by atoms with Crippen molar-refractivity contribution in [2.24, 2.45) is 0 Å². The molecule has 8 nitrogen and oxygen atoms in total. The van der Waals surface area contributed by atoms with Crippen LogP contribution in [0.15, 0.2) is 30.3 Å². The fraction of sp³-hybridized carbons (Fsp3) is 0.429. The summed E-state index contributed by atoms with van der Waals surface area (Å²) < 4.78 is 27.1. The van der Waals surface area contributed by atoms with E-state index in [9.17, 15) is 14.2 Å². The third-order valence-electron chi connectivity index (χ3n) is 2.92. The molecule has 2 N–H and O–H groups in total. The molecule has 1 rings (SSSR count). The predicted molar refractivity (Wildman–Crippen MR) is 82.0 cm³/mol. The van der Waals surface area contributed by atoms with E-state index in [1.807, 2.05) is 6.07 Å². The van der Waals surface area contributed by atoms with Gasteiger partial charge in [-0.2, -0.15) is 0 Å². The molecule has 0 fully saturated rings. The molecule has 128 valence electrons. The number of carbonyl (C=O) groups excluding carboxylic acids is 1. The highest BCUT2D eigenvalue weighted by Crippen LogP contribution is 2.52. The average Bonchev–Trinajstić information content (AvgIpc) is 2.53. The number of amides is 1. The lowest BCUT2D eigenvalue weighted by Gasteiger charge is -2.24. The third-order valence-corrected chi connectivity index (χ3v) is 5.12. The Balaban J connectivity index is 2.57. The number of hydrogen-bond donors (Lipinski definition) is 2. The van der Waals surface area contributed by atoms with E-state index in [2.05, 4.69) is 5.32 Å². The van der Waals surface area contributed by atoms with Gasteiger partial charge >= 0.3 is 19.7 Å². The summed E-state index contributed by atoms with van der Waals surface area (Å²) in [6.07, 6.45) is -2.16. The zero-order valence-corrected chi connectivity index (χ0v) is 14.0. The summed E-state index contributed by atoms with van der Waals surface area (Å²) >= 11 is 0. The molecule has 0 saturated heterocycles. The predicted octanol–water partition coefficient (Wildman–Crippen LogP) is 2.59. The molecule has 0 heterocycles. The molecule has 3 atom stereocenters. The monoisotopic (exact) mass is 345 g/mol. The summed E-state index contributed by atoms with van der Waals surface area (Å²) in [5.41, 5.74) is 0.793. The van der Waals surface area contributed by atoms with Crippen LogP contribution in [0.5, 0.6) is 0 Å². The number of ether oxygens (including phenoxy) is 1. The lowest BCUT2D eigenvalue weighted by atomic mass is 10.2. The highest BCUT2D eigenvalue weighted by molar-refractivity contribution is 7.54. The van der Waals surface area contributed by atoms with Crippen molar-refractivity contribution >= 4 is 19.7 Å². The first-order valence-corrected chi connectivity index (χ1v) is 8.43. The highest BCUT2D eigenvalue weighted by Gasteiger charge is 2.36. The average molecular weight is 345 g/mol. The number of aliphatic carboxylic acids is 1. The van der Waals surface area contributed by atoms with Crippen LogP contribution in [-0.2, 0) is 29.8 Å². The Morgan fingerprint density at radius 1 is 1.26 bits per heavy atom. The van der Waals surface area contributed by atoms with Gasteiger partial charge in [0.2, 0.25) is 0 Å². The Hall–Kier alpha value is -1.89. The molecule has 0 spiro atoms. The van der Waals surface area contributed by atoms with Gasteiger partial charge in [-0.15, -0.1) is 0 Å². The number of rotatable bonds is 8. The molecule has 1 aromatic rings. The first-order chi connectivity index (χ1) is 10.8.